The standard InChI is InChI=1S/C22H36N4O3Si/c1-15(22(2,3)13-27)24-21(28)17-12-26(14-29-9-10-30(4,5)6)20-19(17)25-18(11-23-20)16-7-8-16/h11-12,15-16,27H,7-10,13-14H2,1-6H3,(H,24,28)/t15-/m0/s1. The monoisotopic (exact) mass is 432 g/mol. The fourth-order valence-corrected chi connectivity index (χ4v) is 3.81. The zero-order valence-corrected chi connectivity index (χ0v) is 20.2. The number of carbonyl (C=O) groups is 1. The Bertz CT molecular complexity index is 900. The number of nitrogens with zero attached hydrogens (tertiary/aromatic N) is 3. The van der Waals surface area contributed by atoms with Crippen LogP contribution in [-0.4, -0.2) is 52.9 Å². The predicted octanol–water partition coefficient (Wildman–Crippen LogP) is 3.76. The number of ether oxygens (including phenoxy) is 1. The summed E-state index contributed by atoms with van der Waals surface area (Å²) >= 11 is 0. The minimum atomic E-state index is -1.16. The van der Waals surface area contributed by atoms with Crippen LogP contribution in [0.2, 0.25) is 25.7 Å². The smallest absolute Gasteiger partial charge is 0.255 e. The van der Waals surface area contributed by atoms with E-state index in [1.54, 1.807) is 6.20 Å². The van der Waals surface area contributed by atoms with Crippen molar-refractivity contribution in [2.24, 2.45) is 5.41 Å². The fourth-order valence-electron chi connectivity index (χ4n) is 3.05. The van der Waals surface area contributed by atoms with Gasteiger partial charge >= 0.3 is 0 Å². The van der Waals surface area contributed by atoms with Gasteiger partial charge in [-0.3, -0.25) is 4.79 Å². The highest BCUT2D eigenvalue weighted by atomic mass is 28.3. The van der Waals surface area contributed by atoms with Crippen molar-refractivity contribution in [1.29, 1.82) is 0 Å². The largest absolute Gasteiger partial charge is 0.396 e. The van der Waals surface area contributed by atoms with E-state index in [1.807, 2.05) is 31.5 Å². The lowest BCUT2D eigenvalue weighted by Gasteiger charge is -2.30. The van der Waals surface area contributed by atoms with E-state index in [2.05, 4.69) is 29.9 Å². The lowest BCUT2D eigenvalue weighted by atomic mass is 9.86. The average molecular weight is 433 g/mol. The van der Waals surface area contributed by atoms with Gasteiger partial charge in [0.2, 0.25) is 0 Å². The first-order valence-electron chi connectivity index (χ1n) is 10.9. The molecule has 3 rings (SSSR count). The number of aromatic nitrogens is 3. The molecule has 1 fully saturated rings. The molecule has 8 heteroatoms. The van der Waals surface area contributed by atoms with E-state index in [0.717, 1.165) is 24.6 Å². The SMILES string of the molecule is C[C@H](NC(=O)c1cn(COCC[Si](C)(C)C)c2ncc(C3CC3)nc12)C(C)(C)CO. The molecule has 166 valence electrons. The minimum Gasteiger partial charge on any atom is -0.396 e. The van der Waals surface area contributed by atoms with Gasteiger partial charge in [-0.1, -0.05) is 33.5 Å². The Hall–Kier alpha value is -1.77. The normalized spacial score (nSPS) is 16.1. The number of aliphatic hydroxyl groups excluding tert-OH is 1. The molecule has 2 aromatic heterocycles. The van der Waals surface area contributed by atoms with E-state index in [-0.39, 0.29) is 18.6 Å². The van der Waals surface area contributed by atoms with Crippen LogP contribution in [-0.2, 0) is 11.5 Å². The second-order valence-corrected chi connectivity index (χ2v) is 16.1. The maximum atomic E-state index is 13.1. The van der Waals surface area contributed by atoms with E-state index in [9.17, 15) is 9.90 Å². The van der Waals surface area contributed by atoms with Crippen molar-refractivity contribution in [3.8, 4) is 0 Å². The molecule has 0 radical (unpaired) electrons. The van der Waals surface area contributed by atoms with Crippen LogP contribution < -0.4 is 5.32 Å². The van der Waals surface area contributed by atoms with Gasteiger partial charge in [0.25, 0.3) is 5.91 Å². The second kappa shape index (κ2) is 8.76. The number of fused-ring (bicyclic) bond motifs is 1. The summed E-state index contributed by atoms with van der Waals surface area (Å²) in [4.78, 5) is 22.5. The molecule has 2 heterocycles. The molecule has 2 aromatic rings. The van der Waals surface area contributed by atoms with Gasteiger partial charge < -0.3 is 19.7 Å². The third-order valence-corrected chi connectivity index (χ3v) is 7.68. The van der Waals surface area contributed by atoms with Crippen LogP contribution >= 0.6 is 0 Å². The third kappa shape index (κ3) is 5.47. The lowest BCUT2D eigenvalue weighted by molar-refractivity contribution is 0.0829. The van der Waals surface area contributed by atoms with Gasteiger partial charge in [0.05, 0.1) is 24.1 Å². The van der Waals surface area contributed by atoms with Crippen molar-refractivity contribution in [2.75, 3.05) is 13.2 Å². The molecular weight excluding hydrogens is 396 g/mol. The van der Waals surface area contributed by atoms with Gasteiger partial charge in [0.15, 0.2) is 5.65 Å². The molecule has 0 aliphatic heterocycles. The quantitative estimate of drug-likeness (QED) is 0.441. The highest BCUT2D eigenvalue weighted by molar-refractivity contribution is 6.76. The Morgan fingerprint density at radius 1 is 1.40 bits per heavy atom. The van der Waals surface area contributed by atoms with Gasteiger partial charge in [-0.25, -0.2) is 9.97 Å². The zero-order chi connectivity index (χ0) is 22.1. The molecule has 0 unspecified atom stereocenters. The summed E-state index contributed by atoms with van der Waals surface area (Å²) in [6.07, 6.45) is 5.88. The van der Waals surface area contributed by atoms with Crippen molar-refractivity contribution < 1.29 is 14.6 Å². The molecule has 1 aliphatic rings. The molecule has 0 saturated heterocycles. The van der Waals surface area contributed by atoms with E-state index in [4.69, 9.17) is 9.72 Å². The maximum Gasteiger partial charge on any atom is 0.255 e. The first-order chi connectivity index (χ1) is 14.0. The number of rotatable bonds is 10. The van der Waals surface area contributed by atoms with Crippen molar-refractivity contribution in [3.05, 3.63) is 23.7 Å². The number of aliphatic hydroxyl groups is 1. The highest BCUT2D eigenvalue weighted by Gasteiger charge is 2.30. The summed E-state index contributed by atoms with van der Waals surface area (Å²) in [5.74, 6) is 0.263. The summed E-state index contributed by atoms with van der Waals surface area (Å²) in [6, 6.07) is 0.895. The van der Waals surface area contributed by atoms with Gasteiger partial charge in [-0.2, -0.15) is 0 Å². The second-order valence-electron chi connectivity index (χ2n) is 10.4. The Morgan fingerprint density at radius 2 is 2.10 bits per heavy atom. The van der Waals surface area contributed by atoms with Gasteiger partial charge in [-0.05, 0) is 25.8 Å². The highest BCUT2D eigenvalue weighted by Crippen LogP contribution is 2.39. The molecule has 1 aliphatic carbocycles. The van der Waals surface area contributed by atoms with Crippen LogP contribution in [0.3, 0.4) is 0 Å². The summed E-state index contributed by atoms with van der Waals surface area (Å²) < 4.78 is 7.78. The molecule has 30 heavy (non-hydrogen) atoms. The van der Waals surface area contributed by atoms with Crippen molar-refractivity contribution in [2.45, 2.75) is 78.0 Å². The molecular formula is C22H36N4O3Si. The molecule has 0 bridgehead atoms. The first kappa shape index (κ1) is 22.9. The van der Waals surface area contributed by atoms with Crippen LogP contribution in [0.15, 0.2) is 12.4 Å². The van der Waals surface area contributed by atoms with Crippen molar-refractivity contribution >= 4 is 25.1 Å². The lowest BCUT2D eigenvalue weighted by Crippen LogP contribution is -2.44. The van der Waals surface area contributed by atoms with Crippen LogP contribution in [0.5, 0.6) is 0 Å². The molecule has 1 amide bonds. The topological polar surface area (TPSA) is 89.3 Å². The Kier molecular flexibility index (Phi) is 6.69. The molecule has 1 saturated carbocycles. The first-order valence-corrected chi connectivity index (χ1v) is 14.6. The van der Waals surface area contributed by atoms with Crippen molar-refractivity contribution in [3.63, 3.8) is 0 Å². The van der Waals surface area contributed by atoms with E-state index in [0.29, 0.717) is 36.0 Å². The van der Waals surface area contributed by atoms with Gasteiger partial charge in [0.1, 0.15) is 12.2 Å². The van der Waals surface area contributed by atoms with Crippen LogP contribution in [0.1, 0.15) is 55.6 Å². The zero-order valence-electron chi connectivity index (χ0n) is 19.2. The number of hydrogen-bond acceptors (Lipinski definition) is 5. The number of amides is 1. The van der Waals surface area contributed by atoms with E-state index >= 15 is 0 Å². The molecule has 1 atom stereocenters. The molecule has 2 N–H and O–H groups in total. The van der Waals surface area contributed by atoms with Crippen LogP contribution in [0.25, 0.3) is 11.2 Å². The summed E-state index contributed by atoms with van der Waals surface area (Å²) in [7, 11) is -1.16. The summed E-state index contributed by atoms with van der Waals surface area (Å²) in [6.45, 7) is 13.8. The third-order valence-electron chi connectivity index (χ3n) is 5.98. The molecule has 0 aromatic carbocycles. The average Bonchev–Trinajstić information content (AvgIpc) is 3.46. The van der Waals surface area contributed by atoms with E-state index < -0.39 is 13.5 Å². The number of hydrogen-bond donors (Lipinski definition) is 2. The maximum absolute atomic E-state index is 13.1. The van der Waals surface area contributed by atoms with Gasteiger partial charge in [-0.15, -0.1) is 0 Å². The Balaban J connectivity index is 1.84. The predicted molar refractivity (Wildman–Crippen MR) is 121 cm³/mol. The number of carbonyl (C=O) groups excluding carboxylic acids is 1. The molecule has 7 nitrogen and oxygen atoms in total. The Labute approximate surface area is 180 Å². The fraction of sp³-hybridized carbons (Fsp3) is 0.682. The van der Waals surface area contributed by atoms with Crippen LogP contribution in [0.4, 0.5) is 0 Å². The minimum absolute atomic E-state index is 0.00717. The summed E-state index contributed by atoms with van der Waals surface area (Å²) in [5, 5.41) is 12.6. The van der Waals surface area contributed by atoms with Crippen LogP contribution in [0, 0.1) is 5.41 Å². The van der Waals surface area contributed by atoms with Crippen molar-refractivity contribution in [1.82, 2.24) is 19.9 Å². The Morgan fingerprint density at radius 3 is 2.70 bits per heavy atom. The number of nitrogens with one attached hydrogen (secondary N) is 1. The summed E-state index contributed by atoms with van der Waals surface area (Å²) in [5.41, 5.74) is 2.34. The molecule has 0 spiro atoms. The van der Waals surface area contributed by atoms with Gasteiger partial charge in [0, 0.05) is 38.3 Å². The van der Waals surface area contributed by atoms with E-state index in [1.165, 1.54) is 0 Å².